The number of benzene rings is 3. The van der Waals surface area contributed by atoms with Crippen molar-refractivity contribution >= 4 is 27.4 Å². The number of amides is 1. The van der Waals surface area contributed by atoms with Crippen LogP contribution in [0.15, 0.2) is 54.6 Å². The first kappa shape index (κ1) is 35.1. The number of anilines is 2. The maximum Gasteiger partial charge on any atom is 0.325 e. The normalized spacial score (nSPS) is 16.4. The van der Waals surface area contributed by atoms with Crippen molar-refractivity contribution in [3.8, 4) is 22.6 Å². The Bertz CT molecular complexity index is 1660. The molecule has 1 heterocycles. The lowest BCUT2D eigenvalue weighted by Gasteiger charge is -2.39. The highest BCUT2D eigenvalue weighted by Crippen LogP contribution is 2.43. The van der Waals surface area contributed by atoms with Crippen LogP contribution in [-0.4, -0.2) is 70.7 Å². The van der Waals surface area contributed by atoms with E-state index in [-0.39, 0.29) is 30.7 Å². The second-order valence-corrected chi connectivity index (χ2v) is 14.0. The smallest absolute Gasteiger partial charge is 0.325 e. The fourth-order valence-electron chi connectivity index (χ4n) is 5.47. The number of ether oxygens (including phenoxy) is 2. The molecule has 0 aromatic heterocycles. The molecule has 12 heteroatoms. The van der Waals surface area contributed by atoms with Gasteiger partial charge in [-0.15, -0.1) is 0 Å². The van der Waals surface area contributed by atoms with Crippen LogP contribution in [0.3, 0.4) is 0 Å². The maximum absolute atomic E-state index is 14.1. The molecule has 3 atom stereocenters. The Hall–Kier alpha value is -3.71. The van der Waals surface area contributed by atoms with E-state index in [1.807, 2.05) is 58.8 Å². The molecule has 0 saturated heterocycles. The molecule has 0 aliphatic carbocycles. The lowest BCUT2D eigenvalue weighted by Crippen LogP contribution is -2.53. The molecule has 0 spiro atoms. The molecule has 10 nitrogen and oxygen atoms in total. The Morgan fingerprint density at radius 3 is 2.37 bits per heavy atom. The fraction of sp³-hybridized carbons (Fsp3) is 0.441. The van der Waals surface area contributed by atoms with Crippen molar-refractivity contribution in [3.63, 3.8) is 0 Å². The Balaban J connectivity index is 1.66. The molecule has 0 radical (unpaired) electrons. The SMILES string of the molecule is CCC(NC(OC)C(C)N(C)C)S(=O)(=O)Oc1ccc(-c2ccc3c(c2COc2cc(F)ccc2C)N(C)C(=O)C(C)(C)N3)cc1. The summed E-state index contributed by atoms with van der Waals surface area (Å²) in [5.41, 5.74) is 3.57. The van der Waals surface area contributed by atoms with E-state index >= 15 is 0 Å². The Kier molecular flexibility index (Phi) is 10.7. The topological polar surface area (TPSA) is 109 Å². The fourth-order valence-corrected chi connectivity index (χ4v) is 6.68. The summed E-state index contributed by atoms with van der Waals surface area (Å²) < 4.78 is 57.9. The lowest BCUT2D eigenvalue weighted by molar-refractivity contribution is -0.121. The third-order valence-corrected chi connectivity index (χ3v) is 9.97. The quantitative estimate of drug-likeness (QED) is 0.182. The number of nitrogens with one attached hydrogen (secondary N) is 2. The van der Waals surface area contributed by atoms with Crippen LogP contribution in [0.5, 0.6) is 11.5 Å². The molecular weight excluding hydrogens is 611 g/mol. The van der Waals surface area contributed by atoms with Crippen molar-refractivity contribution < 1.29 is 31.3 Å². The van der Waals surface area contributed by atoms with E-state index in [9.17, 15) is 17.6 Å². The zero-order valence-electron chi connectivity index (χ0n) is 28.0. The van der Waals surface area contributed by atoms with Crippen LogP contribution in [0.25, 0.3) is 11.1 Å². The lowest BCUT2D eigenvalue weighted by atomic mass is 9.92. The molecule has 3 unspecified atom stereocenters. The number of methoxy groups -OCH3 is 1. The molecule has 0 fully saturated rings. The van der Waals surface area contributed by atoms with Gasteiger partial charge >= 0.3 is 10.1 Å². The largest absolute Gasteiger partial charge is 0.488 e. The summed E-state index contributed by atoms with van der Waals surface area (Å²) in [5.74, 6) is 0.0116. The molecular formula is C34H45FN4O6S. The van der Waals surface area contributed by atoms with E-state index in [2.05, 4.69) is 10.6 Å². The van der Waals surface area contributed by atoms with Gasteiger partial charge in [-0.25, -0.2) is 4.39 Å². The van der Waals surface area contributed by atoms with Crippen molar-refractivity contribution in [1.29, 1.82) is 0 Å². The summed E-state index contributed by atoms with van der Waals surface area (Å²) in [5, 5.41) is 5.39. The number of carbonyl (C=O) groups is 1. The van der Waals surface area contributed by atoms with Gasteiger partial charge in [-0.2, -0.15) is 8.42 Å². The summed E-state index contributed by atoms with van der Waals surface area (Å²) in [4.78, 5) is 16.8. The predicted octanol–water partition coefficient (Wildman–Crippen LogP) is 5.50. The number of hydrogen-bond acceptors (Lipinski definition) is 9. The van der Waals surface area contributed by atoms with Crippen LogP contribution in [-0.2, 0) is 26.3 Å². The number of likely N-dealkylation sites (N-methyl/N-ethyl adjacent to an activating group) is 2. The number of carbonyl (C=O) groups excluding carboxylic acids is 1. The van der Waals surface area contributed by atoms with Crippen LogP contribution in [0.2, 0.25) is 0 Å². The van der Waals surface area contributed by atoms with Gasteiger partial charge in [0.05, 0.1) is 11.4 Å². The number of hydrogen-bond donors (Lipinski definition) is 2. The molecule has 3 aromatic carbocycles. The number of rotatable bonds is 13. The molecule has 250 valence electrons. The standard InChI is InChI=1S/C34H45FN4O6S/c1-10-30(36-32(43-9)22(3)38(6)7)46(41,42)45-25-15-12-23(13-16-25)26-17-18-28-31(39(8)33(40)34(4,5)37-28)27(26)20-44-29-19-24(35)14-11-21(29)2/h11-19,22,30,32,36-37H,10,20H2,1-9H3. The molecule has 3 aromatic rings. The molecule has 1 amide bonds. The van der Waals surface area contributed by atoms with Gasteiger partial charge in [0.2, 0.25) is 0 Å². The summed E-state index contributed by atoms with van der Waals surface area (Å²) in [6.07, 6.45) is -0.271. The number of fused-ring (bicyclic) bond motifs is 1. The van der Waals surface area contributed by atoms with E-state index in [0.29, 0.717) is 17.0 Å². The zero-order chi connectivity index (χ0) is 34.0. The van der Waals surface area contributed by atoms with E-state index in [1.54, 1.807) is 49.2 Å². The van der Waals surface area contributed by atoms with Crippen molar-refractivity contribution in [1.82, 2.24) is 10.2 Å². The van der Waals surface area contributed by atoms with Gasteiger partial charge in [-0.1, -0.05) is 31.2 Å². The average molecular weight is 657 g/mol. The first-order valence-electron chi connectivity index (χ1n) is 15.2. The molecule has 0 saturated carbocycles. The molecule has 1 aliphatic rings. The summed E-state index contributed by atoms with van der Waals surface area (Å²) in [7, 11) is 2.96. The van der Waals surface area contributed by atoms with Crippen LogP contribution < -0.4 is 24.5 Å². The van der Waals surface area contributed by atoms with E-state index < -0.39 is 33.1 Å². The Morgan fingerprint density at radius 1 is 1.09 bits per heavy atom. The maximum atomic E-state index is 14.1. The van der Waals surface area contributed by atoms with Crippen LogP contribution >= 0.6 is 0 Å². The molecule has 46 heavy (non-hydrogen) atoms. The van der Waals surface area contributed by atoms with Crippen LogP contribution in [0.4, 0.5) is 15.8 Å². The third-order valence-electron chi connectivity index (χ3n) is 8.38. The highest BCUT2D eigenvalue weighted by molar-refractivity contribution is 7.87. The minimum absolute atomic E-state index is 0.0467. The minimum Gasteiger partial charge on any atom is -0.488 e. The molecule has 0 bridgehead atoms. The number of halogens is 1. The van der Waals surface area contributed by atoms with Crippen molar-refractivity contribution in [2.24, 2.45) is 0 Å². The minimum atomic E-state index is -4.07. The molecule has 1 aliphatic heterocycles. The molecule has 4 rings (SSSR count). The Labute approximate surface area is 272 Å². The summed E-state index contributed by atoms with van der Waals surface area (Å²) in [6, 6.07) is 14.8. The van der Waals surface area contributed by atoms with Gasteiger partial charge < -0.3 is 28.8 Å². The zero-order valence-corrected chi connectivity index (χ0v) is 28.8. The van der Waals surface area contributed by atoms with Crippen molar-refractivity contribution in [2.75, 3.05) is 38.5 Å². The van der Waals surface area contributed by atoms with E-state index in [1.165, 1.54) is 19.2 Å². The average Bonchev–Trinajstić information content (AvgIpc) is 3.00. The first-order chi connectivity index (χ1) is 21.6. The van der Waals surface area contributed by atoms with E-state index in [0.717, 1.165) is 22.4 Å². The number of nitrogens with zero attached hydrogens (tertiary/aromatic N) is 2. The Morgan fingerprint density at radius 2 is 1.76 bits per heavy atom. The van der Waals surface area contributed by atoms with Gasteiger partial charge in [0.15, 0.2) is 0 Å². The predicted molar refractivity (Wildman–Crippen MR) is 179 cm³/mol. The summed E-state index contributed by atoms with van der Waals surface area (Å²) >= 11 is 0. The second kappa shape index (κ2) is 14.0. The third kappa shape index (κ3) is 7.46. The monoisotopic (exact) mass is 656 g/mol. The van der Waals surface area contributed by atoms with Crippen LogP contribution in [0.1, 0.15) is 45.2 Å². The van der Waals surface area contributed by atoms with Crippen LogP contribution in [0, 0.1) is 12.7 Å². The molecule has 2 N–H and O–H groups in total. The van der Waals surface area contributed by atoms with E-state index in [4.69, 9.17) is 13.7 Å². The van der Waals surface area contributed by atoms with Crippen molar-refractivity contribution in [3.05, 3.63) is 71.5 Å². The highest BCUT2D eigenvalue weighted by Gasteiger charge is 2.39. The first-order valence-corrected chi connectivity index (χ1v) is 16.7. The second-order valence-electron chi connectivity index (χ2n) is 12.3. The van der Waals surface area contributed by atoms with Gasteiger partial charge in [-0.3, -0.25) is 10.1 Å². The van der Waals surface area contributed by atoms with Gasteiger partial charge in [0.25, 0.3) is 5.91 Å². The van der Waals surface area contributed by atoms with Crippen molar-refractivity contribution in [2.45, 2.75) is 70.8 Å². The van der Waals surface area contributed by atoms with Gasteiger partial charge in [0, 0.05) is 31.8 Å². The van der Waals surface area contributed by atoms with Gasteiger partial charge in [0.1, 0.15) is 41.1 Å². The van der Waals surface area contributed by atoms with Gasteiger partial charge in [-0.05, 0) is 89.2 Å². The number of aryl methyl sites for hydroxylation is 1. The highest BCUT2D eigenvalue weighted by atomic mass is 32.2. The summed E-state index contributed by atoms with van der Waals surface area (Å²) in [6.45, 7) is 9.21.